The third-order valence-electron chi connectivity index (χ3n) is 3.78. The Morgan fingerprint density at radius 1 is 1.35 bits per heavy atom. The zero-order valence-corrected chi connectivity index (χ0v) is 13.6. The molecule has 2 N–H and O–H groups in total. The van der Waals surface area contributed by atoms with Crippen molar-refractivity contribution in [2.75, 3.05) is 12.8 Å². The maximum absolute atomic E-state index is 7.39. The molecule has 0 spiro atoms. The highest BCUT2D eigenvalue weighted by Crippen LogP contribution is 2.39. The van der Waals surface area contributed by atoms with Crippen LogP contribution in [-0.4, -0.2) is 21.6 Å². The molecule has 1 aromatic carbocycles. The van der Waals surface area contributed by atoms with Crippen molar-refractivity contribution >= 4 is 34.3 Å². The zero-order chi connectivity index (χ0) is 16.7. The van der Waals surface area contributed by atoms with E-state index in [1.54, 1.807) is 11.7 Å². The Kier molecular flexibility index (Phi) is 3.58. The smallest absolute Gasteiger partial charge is 0.255 e. The minimum Gasteiger partial charge on any atom is -0.496 e. The molecule has 0 aliphatic rings. The van der Waals surface area contributed by atoms with Crippen LogP contribution in [0.5, 0.6) is 5.75 Å². The fourth-order valence-corrected chi connectivity index (χ4v) is 2.88. The second-order valence-electron chi connectivity index (χ2n) is 5.10. The Labute approximate surface area is 138 Å². The van der Waals surface area contributed by atoms with Crippen LogP contribution in [0.2, 0.25) is 5.15 Å². The van der Waals surface area contributed by atoms with Crippen molar-refractivity contribution in [3.63, 3.8) is 0 Å². The van der Waals surface area contributed by atoms with Crippen molar-refractivity contribution in [1.82, 2.24) is 14.5 Å². The second kappa shape index (κ2) is 5.45. The number of benzene rings is 1. The summed E-state index contributed by atoms with van der Waals surface area (Å²) in [6.45, 7) is 11.3. The normalized spacial score (nSPS) is 10.7. The molecule has 0 unspecified atom stereocenters. The van der Waals surface area contributed by atoms with Crippen molar-refractivity contribution in [3.05, 3.63) is 46.0 Å². The SMILES string of the molecule is [C-]#[N+]c1c(N)n(-c2c(C)ccc(OC)c2C)c2ncc(Cl)nc12. The molecule has 0 aliphatic heterocycles. The summed E-state index contributed by atoms with van der Waals surface area (Å²) < 4.78 is 7.13. The van der Waals surface area contributed by atoms with E-state index in [-0.39, 0.29) is 16.7 Å². The van der Waals surface area contributed by atoms with E-state index in [9.17, 15) is 0 Å². The fraction of sp³-hybridized carbons (Fsp3) is 0.188. The van der Waals surface area contributed by atoms with Crippen LogP contribution < -0.4 is 10.5 Å². The van der Waals surface area contributed by atoms with Gasteiger partial charge in [-0.15, -0.1) is 0 Å². The average Bonchev–Trinajstić information content (AvgIpc) is 2.79. The van der Waals surface area contributed by atoms with Gasteiger partial charge < -0.3 is 10.5 Å². The molecule has 0 saturated carbocycles. The number of anilines is 1. The van der Waals surface area contributed by atoms with Gasteiger partial charge >= 0.3 is 0 Å². The van der Waals surface area contributed by atoms with Gasteiger partial charge in [0.2, 0.25) is 0 Å². The van der Waals surface area contributed by atoms with E-state index in [1.165, 1.54) is 6.20 Å². The lowest BCUT2D eigenvalue weighted by Gasteiger charge is -2.16. The van der Waals surface area contributed by atoms with Gasteiger partial charge in [-0.25, -0.2) is 14.8 Å². The van der Waals surface area contributed by atoms with E-state index in [2.05, 4.69) is 14.8 Å². The van der Waals surface area contributed by atoms with Crippen LogP contribution >= 0.6 is 11.6 Å². The third-order valence-corrected chi connectivity index (χ3v) is 3.96. The number of rotatable bonds is 2. The lowest BCUT2D eigenvalue weighted by atomic mass is 10.1. The van der Waals surface area contributed by atoms with Crippen LogP contribution in [0.1, 0.15) is 11.1 Å². The number of aromatic nitrogens is 3. The van der Waals surface area contributed by atoms with Gasteiger partial charge in [-0.1, -0.05) is 17.7 Å². The third kappa shape index (κ3) is 2.17. The number of fused-ring (bicyclic) bond motifs is 1. The minimum absolute atomic E-state index is 0.221. The number of aryl methyl sites for hydroxylation is 1. The molecule has 0 fully saturated rings. The molecule has 2 heterocycles. The van der Waals surface area contributed by atoms with Crippen molar-refractivity contribution in [3.8, 4) is 11.4 Å². The summed E-state index contributed by atoms with van der Waals surface area (Å²) in [5.41, 5.74) is 10.1. The highest BCUT2D eigenvalue weighted by Gasteiger charge is 2.22. The number of ether oxygens (including phenoxy) is 1. The molecule has 0 aliphatic carbocycles. The topological polar surface area (TPSA) is 70.3 Å². The lowest BCUT2D eigenvalue weighted by Crippen LogP contribution is -2.06. The Morgan fingerprint density at radius 3 is 2.74 bits per heavy atom. The molecule has 23 heavy (non-hydrogen) atoms. The van der Waals surface area contributed by atoms with Gasteiger partial charge in [0.15, 0.2) is 5.65 Å². The number of nitrogens with zero attached hydrogens (tertiary/aromatic N) is 4. The molecular formula is C16H14ClN5O. The lowest BCUT2D eigenvalue weighted by molar-refractivity contribution is 0.411. The van der Waals surface area contributed by atoms with Gasteiger partial charge in [0.05, 0.1) is 25.6 Å². The minimum atomic E-state index is 0.221. The predicted molar refractivity (Wildman–Crippen MR) is 90.6 cm³/mol. The first kappa shape index (κ1) is 15.1. The Balaban J connectivity index is 2.48. The Hall–Kier alpha value is -2.78. The quantitative estimate of drug-likeness (QED) is 0.726. The van der Waals surface area contributed by atoms with Crippen LogP contribution in [0, 0.1) is 20.4 Å². The highest BCUT2D eigenvalue weighted by atomic mass is 35.5. The van der Waals surface area contributed by atoms with Crippen molar-refractivity contribution in [1.29, 1.82) is 0 Å². The number of nitrogens with two attached hydrogens (primary N) is 1. The monoisotopic (exact) mass is 327 g/mol. The number of hydrogen-bond donors (Lipinski definition) is 1. The van der Waals surface area contributed by atoms with E-state index in [0.717, 1.165) is 22.6 Å². The molecule has 116 valence electrons. The van der Waals surface area contributed by atoms with E-state index in [1.807, 2.05) is 26.0 Å². The maximum atomic E-state index is 7.39. The van der Waals surface area contributed by atoms with E-state index < -0.39 is 0 Å². The summed E-state index contributed by atoms with van der Waals surface area (Å²) in [7, 11) is 1.61. The first-order chi connectivity index (χ1) is 11.0. The van der Waals surface area contributed by atoms with Gasteiger partial charge in [-0.05, 0) is 25.5 Å². The van der Waals surface area contributed by atoms with Gasteiger partial charge in [-0.3, -0.25) is 4.57 Å². The number of hydrogen-bond acceptors (Lipinski definition) is 4. The summed E-state index contributed by atoms with van der Waals surface area (Å²) >= 11 is 5.92. The molecule has 7 heteroatoms. The summed E-state index contributed by atoms with van der Waals surface area (Å²) in [6.07, 6.45) is 1.44. The van der Waals surface area contributed by atoms with E-state index in [0.29, 0.717) is 11.2 Å². The first-order valence-corrected chi connectivity index (χ1v) is 7.21. The Bertz CT molecular complexity index is 971. The Morgan fingerprint density at radius 2 is 2.09 bits per heavy atom. The predicted octanol–water partition coefficient (Wildman–Crippen LogP) is 3.83. The van der Waals surface area contributed by atoms with E-state index >= 15 is 0 Å². The zero-order valence-electron chi connectivity index (χ0n) is 12.9. The van der Waals surface area contributed by atoms with Gasteiger partial charge in [-0.2, -0.15) is 0 Å². The average molecular weight is 328 g/mol. The summed E-state index contributed by atoms with van der Waals surface area (Å²) in [5, 5.41) is 0.221. The summed E-state index contributed by atoms with van der Waals surface area (Å²) in [4.78, 5) is 12.0. The van der Waals surface area contributed by atoms with Gasteiger partial charge in [0, 0.05) is 5.56 Å². The van der Waals surface area contributed by atoms with Crippen LogP contribution in [-0.2, 0) is 0 Å². The van der Waals surface area contributed by atoms with Crippen LogP contribution in [0.3, 0.4) is 0 Å². The maximum Gasteiger partial charge on any atom is 0.255 e. The number of methoxy groups -OCH3 is 1. The molecule has 0 amide bonds. The molecule has 3 rings (SSSR count). The summed E-state index contributed by atoms with van der Waals surface area (Å²) in [6, 6.07) is 3.83. The van der Waals surface area contributed by atoms with Crippen molar-refractivity contribution < 1.29 is 4.74 Å². The van der Waals surface area contributed by atoms with Crippen molar-refractivity contribution in [2.24, 2.45) is 0 Å². The van der Waals surface area contributed by atoms with Gasteiger partial charge in [0.1, 0.15) is 22.2 Å². The molecular weight excluding hydrogens is 314 g/mol. The van der Waals surface area contributed by atoms with Crippen LogP contribution in [0.4, 0.5) is 11.5 Å². The van der Waals surface area contributed by atoms with Gasteiger partial charge in [0.25, 0.3) is 5.69 Å². The van der Waals surface area contributed by atoms with E-state index in [4.69, 9.17) is 28.6 Å². The highest BCUT2D eigenvalue weighted by molar-refractivity contribution is 6.29. The number of halogens is 1. The second-order valence-corrected chi connectivity index (χ2v) is 5.49. The fourth-order valence-electron chi connectivity index (χ4n) is 2.74. The summed E-state index contributed by atoms with van der Waals surface area (Å²) in [5.74, 6) is 1.02. The molecule has 0 saturated heterocycles. The molecule has 0 bridgehead atoms. The molecule has 3 aromatic rings. The molecule has 2 aromatic heterocycles. The van der Waals surface area contributed by atoms with Crippen LogP contribution in [0.15, 0.2) is 18.3 Å². The van der Waals surface area contributed by atoms with Crippen molar-refractivity contribution in [2.45, 2.75) is 13.8 Å². The molecule has 0 radical (unpaired) electrons. The standard InChI is InChI=1S/C16H14ClN5O/c1-8-5-6-10(23-4)9(2)14(8)22-15(18)12(19-3)13-16(22)20-7-11(17)21-13/h5-7H,18H2,1-2,4H3. The first-order valence-electron chi connectivity index (χ1n) is 6.84. The van der Waals surface area contributed by atoms with Crippen LogP contribution in [0.25, 0.3) is 21.7 Å². The molecule has 0 atom stereocenters. The number of nitrogen functional groups attached to an aromatic ring is 1. The largest absolute Gasteiger partial charge is 0.496 e. The molecule has 6 nitrogen and oxygen atoms in total.